The van der Waals surface area contributed by atoms with Crippen LogP contribution in [0.4, 0.5) is 0 Å². The number of hydrogen-bond acceptors (Lipinski definition) is 3. The van der Waals surface area contributed by atoms with Crippen molar-refractivity contribution in [3.05, 3.63) is 95.5 Å². The third kappa shape index (κ3) is 4.31. The average molecular weight is 473 g/mol. The first-order valence-corrected chi connectivity index (χ1v) is 12.7. The van der Waals surface area contributed by atoms with Crippen molar-refractivity contribution >= 4 is 22.9 Å². The molecule has 0 unspecified atom stereocenters. The van der Waals surface area contributed by atoms with Crippen molar-refractivity contribution in [2.45, 2.75) is 50.0 Å². The van der Waals surface area contributed by atoms with E-state index >= 15 is 0 Å². The number of nitrogens with one attached hydrogen (secondary N) is 2. The zero-order valence-corrected chi connectivity index (χ0v) is 20.1. The Kier molecular flexibility index (Phi) is 5.65. The summed E-state index contributed by atoms with van der Waals surface area (Å²) in [5.41, 5.74) is 5.86. The smallest absolute Gasteiger partial charge is 0.262 e. The third-order valence-electron chi connectivity index (χ3n) is 7.58. The molecule has 0 saturated heterocycles. The topological polar surface area (TPSA) is 81.6 Å². The third-order valence-corrected chi connectivity index (χ3v) is 7.58. The lowest BCUT2D eigenvalue weighted by atomic mass is 9.86. The summed E-state index contributed by atoms with van der Waals surface area (Å²) in [6, 6.07) is 24.9. The number of hydrogen-bond donors (Lipinski definition) is 2. The molecule has 2 saturated carbocycles. The predicted octanol–water partition coefficient (Wildman–Crippen LogP) is 6.60. The van der Waals surface area contributed by atoms with Gasteiger partial charge >= 0.3 is 0 Å². The van der Waals surface area contributed by atoms with E-state index in [1.165, 1.54) is 5.39 Å². The van der Waals surface area contributed by atoms with Crippen molar-refractivity contribution in [3.8, 4) is 17.2 Å². The van der Waals surface area contributed by atoms with Gasteiger partial charge in [0.2, 0.25) is 0 Å². The van der Waals surface area contributed by atoms with Gasteiger partial charge < -0.3 is 10.3 Å². The van der Waals surface area contributed by atoms with Gasteiger partial charge in [-0.1, -0.05) is 49.2 Å². The lowest BCUT2D eigenvalue weighted by Gasteiger charge is -2.31. The molecule has 0 radical (unpaired) electrons. The standard InChI is InChI=1S/C31H28N4O/c32-20-25(19-27-4-3-5-29(34-27)22-6-7-22)30(36)35-31(15-1-2-16-31)26-11-8-21(9-12-26)23-10-13-28-24(18-23)14-17-33-28/h3-5,8-14,17-19,22,33H,1-2,6-7,15-16H2,(H,35,36). The summed E-state index contributed by atoms with van der Waals surface area (Å²) in [6.07, 6.45) is 9.70. The molecular weight excluding hydrogens is 444 g/mol. The fraction of sp³-hybridized carbons (Fsp3) is 0.258. The van der Waals surface area contributed by atoms with Crippen LogP contribution in [0.5, 0.6) is 0 Å². The van der Waals surface area contributed by atoms with E-state index in [2.05, 4.69) is 69.9 Å². The summed E-state index contributed by atoms with van der Waals surface area (Å²) in [7, 11) is 0. The maximum absolute atomic E-state index is 13.3. The monoisotopic (exact) mass is 472 g/mol. The minimum absolute atomic E-state index is 0.0955. The molecule has 36 heavy (non-hydrogen) atoms. The van der Waals surface area contributed by atoms with E-state index in [9.17, 15) is 10.1 Å². The van der Waals surface area contributed by atoms with Crippen LogP contribution >= 0.6 is 0 Å². The van der Waals surface area contributed by atoms with Crippen LogP contribution < -0.4 is 5.32 Å². The number of carbonyl (C=O) groups excluding carboxylic acids is 1. The first kappa shape index (κ1) is 22.3. The Morgan fingerprint density at radius 2 is 1.81 bits per heavy atom. The van der Waals surface area contributed by atoms with Crippen LogP contribution in [-0.4, -0.2) is 15.9 Å². The van der Waals surface area contributed by atoms with Crippen molar-refractivity contribution in [1.29, 1.82) is 5.26 Å². The van der Waals surface area contributed by atoms with E-state index in [1.807, 2.05) is 24.4 Å². The number of benzene rings is 2. The van der Waals surface area contributed by atoms with Crippen LogP contribution in [0.3, 0.4) is 0 Å². The molecule has 2 aliphatic rings. The minimum Gasteiger partial charge on any atom is -0.361 e. The Bertz CT molecular complexity index is 1500. The van der Waals surface area contributed by atoms with E-state index in [1.54, 1.807) is 6.08 Å². The van der Waals surface area contributed by atoms with Gasteiger partial charge in [-0.15, -0.1) is 0 Å². The van der Waals surface area contributed by atoms with Crippen molar-refractivity contribution in [2.75, 3.05) is 0 Å². The molecule has 1 amide bonds. The number of nitrogens with zero attached hydrogens (tertiary/aromatic N) is 2. The average Bonchev–Trinajstić information content (AvgIpc) is 3.48. The fourth-order valence-electron chi connectivity index (χ4n) is 5.42. The van der Waals surface area contributed by atoms with E-state index in [0.717, 1.165) is 66.4 Å². The van der Waals surface area contributed by atoms with Gasteiger partial charge in [-0.25, -0.2) is 0 Å². The molecule has 2 aliphatic carbocycles. The van der Waals surface area contributed by atoms with Gasteiger partial charge in [-0.3, -0.25) is 9.78 Å². The van der Waals surface area contributed by atoms with Gasteiger partial charge in [0.25, 0.3) is 5.91 Å². The summed E-state index contributed by atoms with van der Waals surface area (Å²) in [6.45, 7) is 0. The van der Waals surface area contributed by atoms with Crippen molar-refractivity contribution in [1.82, 2.24) is 15.3 Å². The maximum atomic E-state index is 13.3. The van der Waals surface area contributed by atoms with Gasteiger partial charge in [0, 0.05) is 23.3 Å². The molecule has 0 aliphatic heterocycles. The van der Waals surface area contributed by atoms with E-state index in [-0.39, 0.29) is 11.5 Å². The van der Waals surface area contributed by atoms with Crippen LogP contribution in [0, 0.1) is 11.3 Å². The number of aromatic nitrogens is 2. The summed E-state index contributed by atoms with van der Waals surface area (Å²) in [5, 5.41) is 14.2. The van der Waals surface area contributed by atoms with Crippen molar-refractivity contribution < 1.29 is 4.79 Å². The highest BCUT2D eigenvalue weighted by molar-refractivity contribution is 6.02. The Labute approximate surface area is 210 Å². The summed E-state index contributed by atoms with van der Waals surface area (Å²) < 4.78 is 0. The van der Waals surface area contributed by atoms with E-state index in [4.69, 9.17) is 0 Å². The Hall–Kier alpha value is -4.17. The second kappa shape index (κ2) is 9.13. The molecule has 2 aromatic carbocycles. The Balaban J connectivity index is 1.25. The zero-order valence-electron chi connectivity index (χ0n) is 20.1. The van der Waals surface area contributed by atoms with Crippen LogP contribution in [0.2, 0.25) is 0 Å². The van der Waals surface area contributed by atoms with Gasteiger partial charge in [0.05, 0.1) is 11.2 Å². The van der Waals surface area contributed by atoms with Crippen LogP contribution in [0.15, 0.2) is 78.5 Å². The molecule has 2 N–H and O–H groups in total. The number of amides is 1. The maximum Gasteiger partial charge on any atom is 0.262 e. The van der Waals surface area contributed by atoms with Gasteiger partial charge in [-0.2, -0.15) is 5.26 Å². The minimum atomic E-state index is -0.459. The van der Waals surface area contributed by atoms with Crippen LogP contribution in [-0.2, 0) is 10.3 Å². The molecule has 5 heteroatoms. The summed E-state index contributed by atoms with van der Waals surface area (Å²) >= 11 is 0. The molecule has 178 valence electrons. The Morgan fingerprint density at radius 3 is 2.56 bits per heavy atom. The van der Waals surface area contributed by atoms with Crippen molar-refractivity contribution in [3.63, 3.8) is 0 Å². The Morgan fingerprint density at radius 1 is 1.03 bits per heavy atom. The molecule has 0 atom stereocenters. The fourth-order valence-corrected chi connectivity index (χ4v) is 5.42. The SMILES string of the molecule is N#CC(=Cc1cccc(C2CC2)n1)C(=O)NC1(c2ccc(-c3ccc4[nH]ccc4c3)cc2)CCCC1. The van der Waals surface area contributed by atoms with Crippen LogP contribution in [0.25, 0.3) is 28.1 Å². The number of carbonyl (C=O) groups is 1. The highest BCUT2D eigenvalue weighted by atomic mass is 16.1. The number of aromatic amines is 1. The summed E-state index contributed by atoms with van der Waals surface area (Å²) in [4.78, 5) is 21.2. The van der Waals surface area contributed by atoms with Gasteiger partial charge in [0.15, 0.2) is 0 Å². The molecule has 4 aromatic rings. The highest BCUT2D eigenvalue weighted by Crippen LogP contribution is 2.40. The second-order valence-electron chi connectivity index (χ2n) is 10.0. The number of H-pyrrole nitrogens is 1. The second-order valence-corrected chi connectivity index (χ2v) is 10.0. The lowest BCUT2D eigenvalue weighted by molar-refractivity contribution is -0.119. The van der Waals surface area contributed by atoms with Crippen molar-refractivity contribution in [2.24, 2.45) is 0 Å². The normalized spacial score (nSPS) is 17.1. The predicted molar refractivity (Wildman–Crippen MR) is 142 cm³/mol. The van der Waals surface area contributed by atoms with Gasteiger partial charge in [0.1, 0.15) is 11.6 Å². The molecule has 2 heterocycles. The number of pyridine rings is 1. The molecule has 0 bridgehead atoms. The molecular formula is C31H28N4O. The molecule has 6 rings (SSSR count). The molecule has 2 aromatic heterocycles. The molecule has 0 spiro atoms. The van der Waals surface area contributed by atoms with Crippen LogP contribution in [0.1, 0.15) is 61.4 Å². The number of fused-ring (bicyclic) bond motifs is 1. The lowest BCUT2D eigenvalue weighted by Crippen LogP contribution is -2.44. The molecule has 5 nitrogen and oxygen atoms in total. The zero-order chi connectivity index (χ0) is 24.5. The first-order chi connectivity index (χ1) is 17.6. The number of rotatable bonds is 6. The van der Waals surface area contributed by atoms with E-state index in [0.29, 0.717) is 11.6 Å². The quantitative estimate of drug-likeness (QED) is 0.245. The summed E-state index contributed by atoms with van der Waals surface area (Å²) in [5.74, 6) is 0.187. The van der Waals surface area contributed by atoms with Gasteiger partial charge in [-0.05, 0) is 84.2 Å². The number of nitriles is 1. The van der Waals surface area contributed by atoms with E-state index < -0.39 is 5.54 Å². The molecule has 2 fully saturated rings. The largest absolute Gasteiger partial charge is 0.361 e. The highest BCUT2D eigenvalue weighted by Gasteiger charge is 2.37. The first-order valence-electron chi connectivity index (χ1n) is 12.7.